The number of benzene rings is 1. The van der Waals surface area contributed by atoms with Gasteiger partial charge in [0, 0.05) is 18.6 Å². The fourth-order valence-corrected chi connectivity index (χ4v) is 3.39. The summed E-state index contributed by atoms with van der Waals surface area (Å²) in [5.41, 5.74) is 3.55. The van der Waals surface area contributed by atoms with Gasteiger partial charge >= 0.3 is 6.09 Å². The Hall–Kier alpha value is -2.41. The quantitative estimate of drug-likeness (QED) is 0.852. The van der Waals surface area contributed by atoms with Gasteiger partial charge in [-0.25, -0.2) is 9.78 Å². The zero-order valence-corrected chi connectivity index (χ0v) is 15.7. The van der Waals surface area contributed by atoms with Crippen LogP contribution in [-0.2, 0) is 0 Å². The largest absolute Gasteiger partial charge is 0.465 e. The van der Waals surface area contributed by atoms with Gasteiger partial charge in [0.1, 0.15) is 5.69 Å². The Morgan fingerprint density at radius 3 is 2.56 bits per heavy atom. The third-order valence-corrected chi connectivity index (χ3v) is 4.69. The minimum absolute atomic E-state index is 0.217. The lowest BCUT2D eigenvalue weighted by Gasteiger charge is -2.33. The highest BCUT2D eigenvalue weighted by atomic mass is 32.1. The molecule has 1 aromatic heterocycles. The number of nitrogens with zero attached hydrogens (tertiary/aromatic N) is 2. The average Bonchev–Trinajstić information content (AvgIpc) is 2.99. The highest BCUT2D eigenvalue weighted by Crippen LogP contribution is 2.30. The van der Waals surface area contributed by atoms with Crippen LogP contribution in [0.5, 0.6) is 0 Å². The van der Waals surface area contributed by atoms with Crippen molar-refractivity contribution in [2.45, 2.75) is 33.2 Å². The number of carbonyl (C=O) groups excluding carboxylic acids is 1. The number of aromatic nitrogens is 1. The van der Waals surface area contributed by atoms with Crippen molar-refractivity contribution >= 4 is 23.3 Å². The average molecular weight is 361 g/mol. The topological polar surface area (TPSA) is 82.5 Å². The Morgan fingerprint density at radius 1 is 1.28 bits per heavy atom. The molecule has 2 aromatic rings. The predicted molar refractivity (Wildman–Crippen MR) is 99.1 cm³/mol. The van der Waals surface area contributed by atoms with Crippen molar-refractivity contribution in [2.24, 2.45) is 0 Å². The fourth-order valence-electron chi connectivity index (χ4n) is 2.51. The van der Waals surface area contributed by atoms with Crippen molar-refractivity contribution in [1.29, 1.82) is 0 Å². The van der Waals surface area contributed by atoms with E-state index in [1.54, 1.807) is 5.51 Å². The summed E-state index contributed by atoms with van der Waals surface area (Å²) in [5.74, 6) is -0.293. The lowest BCUT2D eigenvalue weighted by atomic mass is 10.1. The SMILES string of the molecule is Cc1ccccc1-c1scnc1C(=O)NCCN(C(=O)O)C(C)(C)C. The molecular weight excluding hydrogens is 338 g/mol. The van der Waals surface area contributed by atoms with Crippen LogP contribution in [0.1, 0.15) is 36.8 Å². The van der Waals surface area contributed by atoms with E-state index in [2.05, 4.69) is 10.3 Å². The first-order valence-corrected chi connectivity index (χ1v) is 8.88. The Labute approximate surface area is 151 Å². The molecule has 0 unspecified atom stereocenters. The molecule has 2 amide bonds. The van der Waals surface area contributed by atoms with Crippen molar-refractivity contribution in [3.8, 4) is 10.4 Å². The summed E-state index contributed by atoms with van der Waals surface area (Å²) < 4.78 is 0. The summed E-state index contributed by atoms with van der Waals surface area (Å²) in [4.78, 5) is 30.1. The number of thiazole rings is 1. The third-order valence-electron chi connectivity index (χ3n) is 3.83. The van der Waals surface area contributed by atoms with Gasteiger partial charge in [0.05, 0.1) is 10.4 Å². The van der Waals surface area contributed by atoms with Gasteiger partial charge in [0.25, 0.3) is 5.91 Å². The van der Waals surface area contributed by atoms with E-state index in [0.29, 0.717) is 5.69 Å². The van der Waals surface area contributed by atoms with Crippen molar-refractivity contribution < 1.29 is 14.7 Å². The molecule has 0 radical (unpaired) electrons. The maximum atomic E-state index is 12.5. The van der Waals surface area contributed by atoms with Crippen molar-refractivity contribution in [1.82, 2.24) is 15.2 Å². The molecule has 0 aliphatic rings. The smallest absolute Gasteiger partial charge is 0.407 e. The molecule has 0 spiro atoms. The highest BCUT2D eigenvalue weighted by Gasteiger charge is 2.26. The summed E-state index contributed by atoms with van der Waals surface area (Å²) in [5, 5.41) is 12.1. The normalized spacial score (nSPS) is 11.2. The third kappa shape index (κ3) is 4.57. The molecule has 0 fully saturated rings. The Bertz CT molecular complexity index is 765. The summed E-state index contributed by atoms with van der Waals surface area (Å²) in [6.07, 6.45) is -1.00. The van der Waals surface area contributed by atoms with Gasteiger partial charge in [0.15, 0.2) is 0 Å². The molecule has 0 bridgehead atoms. The van der Waals surface area contributed by atoms with Crippen LogP contribution in [0.3, 0.4) is 0 Å². The number of carbonyl (C=O) groups is 2. The number of rotatable bonds is 5. The second kappa shape index (κ2) is 7.65. The molecule has 0 atom stereocenters. The Morgan fingerprint density at radius 2 is 1.96 bits per heavy atom. The zero-order valence-electron chi connectivity index (χ0n) is 14.9. The second-order valence-corrected chi connectivity index (χ2v) is 7.56. The van der Waals surface area contributed by atoms with E-state index in [1.165, 1.54) is 16.2 Å². The lowest BCUT2D eigenvalue weighted by molar-refractivity contribution is 0.0889. The zero-order chi connectivity index (χ0) is 18.6. The summed E-state index contributed by atoms with van der Waals surface area (Å²) >= 11 is 1.42. The molecule has 0 saturated heterocycles. The van der Waals surface area contributed by atoms with Gasteiger partial charge in [0.2, 0.25) is 0 Å². The Kier molecular flexibility index (Phi) is 5.79. The van der Waals surface area contributed by atoms with Gasteiger partial charge in [-0.2, -0.15) is 0 Å². The van der Waals surface area contributed by atoms with Gasteiger partial charge in [-0.1, -0.05) is 24.3 Å². The van der Waals surface area contributed by atoms with E-state index in [9.17, 15) is 14.7 Å². The molecule has 134 valence electrons. The van der Waals surface area contributed by atoms with Crippen LogP contribution < -0.4 is 5.32 Å². The molecule has 2 rings (SSSR count). The first-order valence-electron chi connectivity index (χ1n) is 8.00. The van der Waals surface area contributed by atoms with E-state index in [-0.39, 0.29) is 19.0 Å². The number of nitrogens with one attached hydrogen (secondary N) is 1. The molecule has 0 aliphatic carbocycles. The molecule has 25 heavy (non-hydrogen) atoms. The highest BCUT2D eigenvalue weighted by molar-refractivity contribution is 7.13. The molecule has 1 heterocycles. The second-order valence-electron chi connectivity index (χ2n) is 6.71. The first kappa shape index (κ1) is 18.9. The maximum Gasteiger partial charge on any atom is 0.407 e. The minimum Gasteiger partial charge on any atom is -0.465 e. The van der Waals surface area contributed by atoms with E-state index in [1.807, 2.05) is 52.0 Å². The van der Waals surface area contributed by atoms with E-state index < -0.39 is 11.6 Å². The number of hydrogen-bond donors (Lipinski definition) is 2. The molecule has 2 N–H and O–H groups in total. The van der Waals surface area contributed by atoms with E-state index >= 15 is 0 Å². The van der Waals surface area contributed by atoms with Crippen LogP contribution >= 0.6 is 11.3 Å². The van der Waals surface area contributed by atoms with Gasteiger partial charge < -0.3 is 15.3 Å². The standard InChI is InChI=1S/C18H23N3O3S/c1-12-7-5-6-8-13(12)15-14(20-11-25-15)16(22)19-9-10-21(17(23)24)18(2,3)4/h5-8,11H,9-10H2,1-4H3,(H,19,22)(H,23,24). The molecule has 6 nitrogen and oxygen atoms in total. The monoisotopic (exact) mass is 361 g/mol. The number of carboxylic acid groups (broad SMARTS) is 1. The van der Waals surface area contributed by atoms with Crippen LogP contribution in [0.4, 0.5) is 4.79 Å². The first-order chi connectivity index (χ1) is 11.7. The maximum absolute atomic E-state index is 12.5. The van der Waals surface area contributed by atoms with Crippen molar-refractivity contribution in [3.05, 3.63) is 41.0 Å². The van der Waals surface area contributed by atoms with Crippen molar-refractivity contribution in [3.63, 3.8) is 0 Å². The summed E-state index contributed by atoms with van der Waals surface area (Å²) in [7, 11) is 0. The van der Waals surface area contributed by atoms with Crippen LogP contribution in [-0.4, -0.2) is 45.6 Å². The predicted octanol–water partition coefficient (Wildman–Crippen LogP) is 3.63. The molecule has 1 aromatic carbocycles. The van der Waals surface area contributed by atoms with E-state index in [4.69, 9.17) is 0 Å². The van der Waals surface area contributed by atoms with Gasteiger partial charge in [-0.3, -0.25) is 4.79 Å². The number of aryl methyl sites for hydroxylation is 1. The number of amides is 2. The minimum atomic E-state index is -1.00. The summed E-state index contributed by atoms with van der Waals surface area (Å²) in [6, 6.07) is 7.83. The Balaban J connectivity index is 2.07. The number of hydrogen-bond acceptors (Lipinski definition) is 4. The van der Waals surface area contributed by atoms with Crippen LogP contribution in [0.2, 0.25) is 0 Å². The van der Waals surface area contributed by atoms with Crippen LogP contribution in [0, 0.1) is 6.92 Å². The van der Waals surface area contributed by atoms with Gasteiger partial charge in [-0.05, 0) is 38.8 Å². The molecule has 0 saturated carbocycles. The fraction of sp³-hybridized carbons (Fsp3) is 0.389. The van der Waals surface area contributed by atoms with Crippen LogP contribution in [0.25, 0.3) is 10.4 Å². The van der Waals surface area contributed by atoms with E-state index in [0.717, 1.165) is 16.0 Å². The molecule has 0 aliphatic heterocycles. The molecule has 7 heteroatoms. The summed E-state index contributed by atoms with van der Waals surface area (Å²) in [6.45, 7) is 7.89. The van der Waals surface area contributed by atoms with Gasteiger partial charge in [-0.15, -0.1) is 11.3 Å². The van der Waals surface area contributed by atoms with Crippen LogP contribution in [0.15, 0.2) is 29.8 Å². The lowest BCUT2D eigenvalue weighted by Crippen LogP contribution is -2.48. The van der Waals surface area contributed by atoms with Crippen molar-refractivity contribution in [2.75, 3.05) is 13.1 Å². The molecular formula is C18H23N3O3S.